The smallest absolute Gasteiger partial charge is 0.239 e. The Bertz CT molecular complexity index is 385. The number of rotatable bonds is 6. The van der Waals surface area contributed by atoms with Crippen molar-refractivity contribution in [2.75, 3.05) is 24.6 Å². The minimum absolute atomic E-state index is 0.00528. The lowest BCUT2D eigenvalue weighted by molar-refractivity contribution is -0.121. The Hall–Kier alpha value is -1.55. The highest BCUT2D eigenvalue weighted by atomic mass is 16.3. The molecule has 0 saturated carbocycles. The van der Waals surface area contributed by atoms with Gasteiger partial charge in [0.2, 0.25) is 5.91 Å². The van der Waals surface area contributed by atoms with Gasteiger partial charge in [0.05, 0.1) is 6.54 Å². The Labute approximate surface area is 115 Å². The molecular weight excluding hydrogens is 240 g/mol. The van der Waals surface area contributed by atoms with E-state index in [2.05, 4.69) is 5.32 Å². The molecule has 0 heterocycles. The molecule has 4 nitrogen and oxygen atoms in total. The van der Waals surface area contributed by atoms with Crippen LogP contribution in [-0.4, -0.2) is 36.2 Å². The van der Waals surface area contributed by atoms with Gasteiger partial charge in [0.15, 0.2) is 0 Å². The number of benzene rings is 1. The lowest BCUT2D eigenvalue weighted by Gasteiger charge is -2.27. The molecule has 0 unspecified atom stereocenters. The van der Waals surface area contributed by atoms with Crippen LogP contribution in [0.4, 0.5) is 5.69 Å². The van der Waals surface area contributed by atoms with Crippen LogP contribution in [0, 0.1) is 0 Å². The van der Waals surface area contributed by atoms with E-state index in [4.69, 9.17) is 5.11 Å². The van der Waals surface area contributed by atoms with Gasteiger partial charge in [-0.15, -0.1) is 0 Å². The van der Waals surface area contributed by atoms with E-state index in [-0.39, 0.29) is 18.1 Å². The second-order valence-corrected chi connectivity index (χ2v) is 5.63. The first-order valence-corrected chi connectivity index (χ1v) is 6.64. The van der Waals surface area contributed by atoms with Crippen molar-refractivity contribution in [2.45, 2.75) is 32.7 Å². The summed E-state index contributed by atoms with van der Waals surface area (Å²) >= 11 is 0. The highest BCUT2D eigenvalue weighted by Gasteiger charge is 2.16. The molecule has 1 aromatic rings. The van der Waals surface area contributed by atoms with Crippen LogP contribution in [0.1, 0.15) is 27.2 Å². The molecule has 0 aliphatic heterocycles. The molecule has 0 radical (unpaired) electrons. The van der Waals surface area contributed by atoms with Crippen molar-refractivity contribution in [3.8, 4) is 0 Å². The Morgan fingerprint density at radius 1 is 1.26 bits per heavy atom. The van der Waals surface area contributed by atoms with Crippen molar-refractivity contribution in [2.24, 2.45) is 0 Å². The number of carbonyl (C=O) groups is 1. The first kappa shape index (κ1) is 15.5. The third kappa shape index (κ3) is 6.25. The summed E-state index contributed by atoms with van der Waals surface area (Å²) < 4.78 is 0. The fourth-order valence-corrected chi connectivity index (χ4v) is 1.83. The average molecular weight is 264 g/mol. The molecule has 1 amide bonds. The van der Waals surface area contributed by atoms with Gasteiger partial charge in [-0.25, -0.2) is 0 Å². The van der Waals surface area contributed by atoms with Crippen LogP contribution in [0.3, 0.4) is 0 Å². The Kier molecular flexibility index (Phi) is 5.83. The summed E-state index contributed by atoms with van der Waals surface area (Å²) in [5, 5.41) is 11.9. The Morgan fingerprint density at radius 3 is 2.42 bits per heavy atom. The molecule has 1 aromatic carbocycles. The lowest BCUT2D eigenvalue weighted by atomic mass is 10.1. The number of aliphatic hydroxyl groups is 1. The highest BCUT2D eigenvalue weighted by molar-refractivity contribution is 5.81. The van der Waals surface area contributed by atoms with Gasteiger partial charge in [0.1, 0.15) is 0 Å². The molecule has 0 bridgehead atoms. The van der Waals surface area contributed by atoms with E-state index < -0.39 is 0 Å². The van der Waals surface area contributed by atoms with Gasteiger partial charge >= 0.3 is 0 Å². The standard InChI is InChI=1S/C15H24N2O2/c1-15(2,3)16-14(19)12-17(10-7-11-18)13-8-5-4-6-9-13/h4-6,8-9,18H,7,10-12H2,1-3H3,(H,16,19). The molecule has 106 valence electrons. The number of aliphatic hydroxyl groups excluding tert-OH is 1. The number of hydrogen-bond acceptors (Lipinski definition) is 3. The fourth-order valence-electron chi connectivity index (χ4n) is 1.83. The van der Waals surface area contributed by atoms with E-state index in [0.717, 1.165) is 5.69 Å². The molecule has 0 aliphatic rings. The van der Waals surface area contributed by atoms with E-state index in [1.807, 2.05) is 56.0 Å². The summed E-state index contributed by atoms with van der Waals surface area (Å²) in [4.78, 5) is 14.0. The summed E-state index contributed by atoms with van der Waals surface area (Å²) in [7, 11) is 0. The maximum absolute atomic E-state index is 12.0. The third-order valence-corrected chi connectivity index (χ3v) is 2.56. The molecule has 1 rings (SSSR count). The van der Waals surface area contributed by atoms with Crippen LogP contribution in [-0.2, 0) is 4.79 Å². The number of carbonyl (C=O) groups excluding carboxylic acids is 1. The maximum Gasteiger partial charge on any atom is 0.239 e. The zero-order valence-electron chi connectivity index (χ0n) is 12.0. The number of amides is 1. The predicted octanol–water partition coefficient (Wildman–Crippen LogP) is 1.79. The van der Waals surface area contributed by atoms with Gasteiger partial charge in [-0.05, 0) is 39.3 Å². The first-order valence-electron chi connectivity index (χ1n) is 6.64. The van der Waals surface area contributed by atoms with E-state index in [9.17, 15) is 4.79 Å². The van der Waals surface area contributed by atoms with Gasteiger partial charge in [-0.1, -0.05) is 18.2 Å². The van der Waals surface area contributed by atoms with Crippen LogP contribution < -0.4 is 10.2 Å². The van der Waals surface area contributed by atoms with Crippen molar-refractivity contribution in [3.05, 3.63) is 30.3 Å². The second kappa shape index (κ2) is 7.14. The SMILES string of the molecule is CC(C)(C)NC(=O)CN(CCCO)c1ccccc1. The van der Waals surface area contributed by atoms with Gasteiger partial charge < -0.3 is 15.3 Å². The molecule has 19 heavy (non-hydrogen) atoms. The summed E-state index contributed by atoms with van der Waals surface area (Å²) in [5.74, 6) is -0.00528. The molecule has 0 spiro atoms. The number of para-hydroxylation sites is 1. The topological polar surface area (TPSA) is 52.6 Å². The highest BCUT2D eigenvalue weighted by Crippen LogP contribution is 2.13. The quantitative estimate of drug-likeness (QED) is 0.823. The minimum atomic E-state index is -0.226. The van der Waals surface area contributed by atoms with Crippen molar-refractivity contribution < 1.29 is 9.90 Å². The van der Waals surface area contributed by atoms with Gasteiger partial charge in [0, 0.05) is 24.4 Å². The van der Waals surface area contributed by atoms with Crippen LogP contribution >= 0.6 is 0 Å². The van der Waals surface area contributed by atoms with Gasteiger partial charge in [-0.3, -0.25) is 4.79 Å². The van der Waals surface area contributed by atoms with Crippen LogP contribution in [0.5, 0.6) is 0 Å². The number of nitrogens with zero attached hydrogens (tertiary/aromatic N) is 1. The molecule has 2 N–H and O–H groups in total. The average Bonchev–Trinajstić information content (AvgIpc) is 2.33. The summed E-state index contributed by atoms with van der Waals surface area (Å²) in [6, 6.07) is 9.79. The lowest BCUT2D eigenvalue weighted by Crippen LogP contribution is -2.46. The van der Waals surface area contributed by atoms with Crippen molar-refractivity contribution in [1.29, 1.82) is 0 Å². The molecule has 0 atom stereocenters. The number of nitrogens with one attached hydrogen (secondary N) is 1. The van der Waals surface area contributed by atoms with Crippen LogP contribution in [0.25, 0.3) is 0 Å². The summed E-state index contributed by atoms with van der Waals surface area (Å²) in [6.07, 6.45) is 0.650. The zero-order valence-corrected chi connectivity index (χ0v) is 12.0. The van der Waals surface area contributed by atoms with Gasteiger partial charge in [0.25, 0.3) is 0 Å². The fraction of sp³-hybridized carbons (Fsp3) is 0.533. The van der Waals surface area contributed by atoms with E-state index in [0.29, 0.717) is 19.5 Å². The normalized spacial score (nSPS) is 11.2. The molecular formula is C15H24N2O2. The molecule has 0 saturated heterocycles. The van der Waals surface area contributed by atoms with Crippen molar-refractivity contribution >= 4 is 11.6 Å². The summed E-state index contributed by atoms with van der Waals surface area (Å²) in [5.41, 5.74) is 0.774. The second-order valence-electron chi connectivity index (χ2n) is 5.63. The van der Waals surface area contributed by atoms with Gasteiger partial charge in [-0.2, -0.15) is 0 Å². The minimum Gasteiger partial charge on any atom is -0.396 e. The molecule has 0 fully saturated rings. The van der Waals surface area contributed by atoms with Crippen molar-refractivity contribution in [1.82, 2.24) is 5.32 Å². The van der Waals surface area contributed by atoms with E-state index >= 15 is 0 Å². The van der Waals surface area contributed by atoms with Crippen molar-refractivity contribution in [3.63, 3.8) is 0 Å². The van der Waals surface area contributed by atoms with E-state index in [1.165, 1.54) is 0 Å². The monoisotopic (exact) mass is 264 g/mol. The number of hydrogen-bond donors (Lipinski definition) is 2. The Balaban J connectivity index is 2.67. The van der Waals surface area contributed by atoms with Crippen LogP contribution in [0.2, 0.25) is 0 Å². The predicted molar refractivity (Wildman–Crippen MR) is 78.3 cm³/mol. The van der Waals surface area contributed by atoms with E-state index in [1.54, 1.807) is 0 Å². The molecule has 4 heteroatoms. The molecule has 0 aromatic heterocycles. The Morgan fingerprint density at radius 2 is 1.89 bits per heavy atom. The number of anilines is 1. The largest absolute Gasteiger partial charge is 0.396 e. The zero-order chi connectivity index (χ0) is 14.3. The van der Waals surface area contributed by atoms with Crippen LogP contribution in [0.15, 0.2) is 30.3 Å². The summed E-state index contributed by atoms with van der Waals surface area (Å²) in [6.45, 7) is 6.99. The maximum atomic E-state index is 12.0. The third-order valence-electron chi connectivity index (χ3n) is 2.56. The first-order chi connectivity index (χ1) is 8.92. The molecule has 0 aliphatic carbocycles.